The number of nitrogens with zero attached hydrogens (tertiary/aromatic N) is 3. The van der Waals surface area contributed by atoms with Crippen LogP contribution >= 0.6 is 0 Å². The first-order valence-corrected chi connectivity index (χ1v) is 9.32. The number of hydrogen-bond acceptors (Lipinski definition) is 4. The highest BCUT2D eigenvalue weighted by Gasteiger charge is 2.50. The van der Waals surface area contributed by atoms with Gasteiger partial charge in [0.25, 0.3) is 0 Å². The summed E-state index contributed by atoms with van der Waals surface area (Å²) in [6.45, 7) is 7.43. The smallest absolute Gasteiger partial charge is 0.0991 e. The molecule has 0 radical (unpaired) electrons. The third-order valence-corrected chi connectivity index (χ3v) is 6.42. The highest BCUT2D eigenvalue weighted by atomic mass is 16.5. The first kappa shape index (κ1) is 16.1. The summed E-state index contributed by atoms with van der Waals surface area (Å²) in [5.41, 5.74) is 2.61. The van der Waals surface area contributed by atoms with Crippen LogP contribution in [0.4, 0.5) is 0 Å². The molecular weight excluding hydrogens is 298 g/mol. The number of ether oxygens (including phenoxy) is 1. The van der Waals surface area contributed by atoms with E-state index >= 15 is 0 Å². The van der Waals surface area contributed by atoms with E-state index in [1.54, 1.807) is 0 Å². The Bertz CT molecular complexity index is 610. The van der Waals surface area contributed by atoms with Crippen LogP contribution in [0.15, 0.2) is 24.3 Å². The van der Waals surface area contributed by atoms with Gasteiger partial charge in [0, 0.05) is 25.7 Å². The first-order valence-electron chi connectivity index (χ1n) is 9.32. The minimum absolute atomic E-state index is 0.572. The van der Waals surface area contributed by atoms with Crippen LogP contribution in [0, 0.1) is 16.7 Å². The molecule has 1 spiro atoms. The van der Waals surface area contributed by atoms with Crippen LogP contribution in [0.25, 0.3) is 0 Å². The SMILES string of the molecule is N#Cc1cccc(CN2CCC3(CCC3N3CCOCC3)CC2)c1. The van der Waals surface area contributed by atoms with Crippen molar-refractivity contribution >= 4 is 0 Å². The number of piperidine rings is 1. The van der Waals surface area contributed by atoms with E-state index in [4.69, 9.17) is 10.00 Å². The maximum absolute atomic E-state index is 9.05. The van der Waals surface area contributed by atoms with Crippen LogP contribution in [0.2, 0.25) is 0 Å². The van der Waals surface area contributed by atoms with Gasteiger partial charge < -0.3 is 4.74 Å². The van der Waals surface area contributed by atoms with Gasteiger partial charge in [-0.05, 0) is 61.9 Å². The van der Waals surface area contributed by atoms with Crippen LogP contribution in [-0.2, 0) is 11.3 Å². The fourth-order valence-electron chi connectivity index (χ4n) is 4.88. The summed E-state index contributed by atoms with van der Waals surface area (Å²) < 4.78 is 5.52. The molecule has 3 aliphatic rings. The van der Waals surface area contributed by atoms with Crippen LogP contribution in [0.1, 0.15) is 36.8 Å². The standard InChI is InChI=1S/C20H27N3O/c21-15-17-2-1-3-18(14-17)16-22-8-6-20(7-9-22)5-4-19(20)23-10-12-24-13-11-23/h1-3,14,19H,4-13,16H2. The zero-order valence-corrected chi connectivity index (χ0v) is 14.4. The second-order valence-corrected chi connectivity index (χ2v) is 7.65. The Balaban J connectivity index is 1.34. The maximum Gasteiger partial charge on any atom is 0.0991 e. The predicted molar refractivity (Wildman–Crippen MR) is 93.5 cm³/mol. The molecule has 2 aliphatic heterocycles. The molecule has 1 aromatic carbocycles. The van der Waals surface area contributed by atoms with Gasteiger partial charge in [-0.25, -0.2) is 0 Å². The molecule has 0 N–H and O–H groups in total. The topological polar surface area (TPSA) is 39.5 Å². The van der Waals surface area contributed by atoms with E-state index in [0.717, 1.165) is 44.5 Å². The number of morpholine rings is 1. The molecular formula is C20H27N3O. The summed E-state index contributed by atoms with van der Waals surface area (Å²) in [6.07, 6.45) is 5.44. The van der Waals surface area contributed by atoms with Gasteiger partial charge in [-0.15, -0.1) is 0 Å². The highest BCUT2D eigenvalue weighted by Crippen LogP contribution is 2.51. The molecule has 1 unspecified atom stereocenters. The number of hydrogen-bond donors (Lipinski definition) is 0. The molecule has 1 atom stereocenters. The van der Waals surface area contributed by atoms with Gasteiger partial charge in [-0.2, -0.15) is 5.26 Å². The Hall–Kier alpha value is -1.41. The van der Waals surface area contributed by atoms with E-state index in [-0.39, 0.29) is 0 Å². The van der Waals surface area contributed by atoms with E-state index in [0.29, 0.717) is 5.41 Å². The van der Waals surface area contributed by atoms with Gasteiger partial charge >= 0.3 is 0 Å². The fourth-order valence-corrected chi connectivity index (χ4v) is 4.88. The van der Waals surface area contributed by atoms with Crippen molar-refractivity contribution in [2.75, 3.05) is 39.4 Å². The molecule has 2 heterocycles. The summed E-state index contributed by atoms with van der Waals surface area (Å²) in [7, 11) is 0. The third kappa shape index (κ3) is 3.09. The zero-order valence-electron chi connectivity index (χ0n) is 14.4. The summed E-state index contributed by atoms with van der Waals surface area (Å²) in [5.74, 6) is 0. The van der Waals surface area contributed by atoms with E-state index in [9.17, 15) is 0 Å². The normalized spacial score (nSPS) is 27.5. The molecule has 4 nitrogen and oxygen atoms in total. The molecule has 24 heavy (non-hydrogen) atoms. The van der Waals surface area contributed by atoms with E-state index < -0.39 is 0 Å². The van der Waals surface area contributed by atoms with Gasteiger partial charge in [0.2, 0.25) is 0 Å². The summed E-state index contributed by atoms with van der Waals surface area (Å²) in [4.78, 5) is 5.26. The minimum atomic E-state index is 0.572. The molecule has 0 amide bonds. The van der Waals surface area contributed by atoms with Gasteiger partial charge in [0.1, 0.15) is 0 Å². The van der Waals surface area contributed by atoms with E-state index in [1.165, 1.54) is 44.3 Å². The average molecular weight is 325 g/mol. The summed E-state index contributed by atoms with van der Waals surface area (Å²) in [6, 6.07) is 11.1. The number of nitriles is 1. The number of rotatable bonds is 3. The Morgan fingerprint density at radius 1 is 1.12 bits per heavy atom. The second-order valence-electron chi connectivity index (χ2n) is 7.65. The van der Waals surface area contributed by atoms with Crippen LogP contribution in [0.3, 0.4) is 0 Å². The van der Waals surface area contributed by atoms with Gasteiger partial charge in [-0.3, -0.25) is 9.80 Å². The summed E-state index contributed by atoms with van der Waals surface area (Å²) >= 11 is 0. The average Bonchev–Trinajstić information content (AvgIpc) is 2.63. The van der Waals surface area contributed by atoms with E-state index in [2.05, 4.69) is 21.9 Å². The van der Waals surface area contributed by atoms with Crippen LogP contribution < -0.4 is 0 Å². The van der Waals surface area contributed by atoms with E-state index in [1.807, 2.05) is 18.2 Å². The second kappa shape index (κ2) is 6.84. The molecule has 3 fully saturated rings. The Morgan fingerprint density at radius 3 is 2.58 bits per heavy atom. The molecule has 4 rings (SSSR count). The lowest BCUT2D eigenvalue weighted by Crippen LogP contribution is -2.61. The zero-order chi connectivity index (χ0) is 16.4. The molecule has 0 aromatic heterocycles. The van der Waals surface area contributed by atoms with Crippen molar-refractivity contribution in [1.29, 1.82) is 5.26 Å². The van der Waals surface area contributed by atoms with Gasteiger partial charge in [0.15, 0.2) is 0 Å². The Kier molecular flexibility index (Phi) is 4.58. The minimum Gasteiger partial charge on any atom is -0.379 e. The largest absolute Gasteiger partial charge is 0.379 e. The van der Waals surface area contributed by atoms with Crippen molar-refractivity contribution in [3.05, 3.63) is 35.4 Å². The molecule has 1 saturated carbocycles. The van der Waals surface area contributed by atoms with Crippen molar-refractivity contribution in [3.63, 3.8) is 0 Å². The quantitative estimate of drug-likeness (QED) is 0.856. The van der Waals surface area contributed by atoms with Gasteiger partial charge in [-0.1, -0.05) is 12.1 Å². The van der Waals surface area contributed by atoms with Gasteiger partial charge in [0.05, 0.1) is 24.8 Å². The number of benzene rings is 1. The predicted octanol–water partition coefficient (Wildman–Crippen LogP) is 2.64. The van der Waals surface area contributed by atoms with Crippen molar-refractivity contribution in [1.82, 2.24) is 9.80 Å². The fraction of sp³-hybridized carbons (Fsp3) is 0.650. The lowest BCUT2D eigenvalue weighted by atomic mass is 9.58. The Labute approximate surface area is 145 Å². The van der Waals surface area contributed by atoms with Crippen molar-refractivity contribution in [2.45, 2.75) is 38.3 Å². The summed E-state index contributed by atoms with van der Waals surface area (Å²) in [5, 5.41) is 9.05. The Morgan fingerprint density at radius 2 is 1.92 bits per heavy atom. The van der Waals surface area contributed by atoms with Crippen LogP contribution in [-0.4, -0.2) is 55.2 Å². The number of likely N-dealkylation sites (tertiary alicyclic amines) is 1. The van der Waals surface area contributed by atoms with Crippen molar-refractivity contribution < 1.29 is 4.74 Å². The van der Waals surface area contributed by atoms with Crippen LogP contribution in [0.5, 0.6) is 0 Å². The molecule has 2 saturated heterocycles. The third-order valence-electron chi connectivity index (χ3n) is 6.42. The molecule has 128 valence electrons. The lowest BCUT2D eigenvalue weighted by molar-refractivity contribution is -0.0976. The van der Waals surface area contributed by atoms with Crippen molar-refractivity contribution in [3.8, 4) is 6.07 Å². The molecule has 4 heteroatoms. The lowest BCUT2D eigenvalue weighted by Gasteiger charge is -2.58. The first-order chi connectivity index (χ1) is 11.8. The molecule has 0 bridgehead atoms. The molecule has 1 aromatic rings. The monoisotopic (exact) mass is 325 g/mol. The maximum atomic E-state index is 9.05. The molecule has 1 aliphatic carbocycles. The highest BCUT2D eigenvalue weighted by molar-refractivity contribution is 5.32. The van der Waals surface area contributed by atoms with Crippen molar-refractivity contribution in [2.24, 2.45) is 5.41 Å².